The van der Waals surface area contributed by atoms with E-state index in [1.807, 2.05) is 55.5 Å². The topological polar surface area (TPSA) is 77.5 Å². The number of pyridine rings is 1. The zero-order valence-corrected chi connectivity index (χ0v) is 16.1. The number of carbonyl (C=O) groups excluding carboxylic acids is 2. The lowest BCUT2D eigenvalue weighted by Gasteiger charge is -2.15. The van der Waals surface area contributed by atoms with Gasteiger partial charge in [0.2, 0.25) is 0 Å². The van der Waals surface area contributed by atoms with Gasteiger partial charge in [-0.3, -0.25) is 9.78 Å². The van der Waals surface area contributed by atoms with Crippen LogP contribution in [0.5, 0.6) is 5.75 Å². The summed E-state index contributed by atoms with van der Waals surface area (Å²) in [5, 5.41) is 3.46. The highest BCUT2D eigenvalue weighted by atomic mass is 16.5. The van der Waals surface area contributed by atoms with Crippen LogP contribution >= 0.6 is 0 Å². The molecule has 6 heteroatoms. The average Bonchev–Trinajstić information content (AvgIpc) is 2.71. The first-order valence-electron chi connectivity index (χ1n) is 8.96. The summed E-state index contributed by atoms with van der Waals surface area (Å²) in [6.07, 6.45) is -0.936. The quantitative estimate of drug-likeness (QED) is 0.665. The fourth-order valence-electron chi connectivity index (χ4n) is 2.93. The predicted molar refractivity (Wildman–Crippen MR) is 106 cm³/mol. The SMILES string of the molecule is COc1ccccc1CNC(=O)[C@@H](C)OC(=O)c1cc(C)nc2ccccc12. The number of para-hydroxylation sites is 2. The lowest BCUT2D eigenvalue weighted by atomic mass is 10.1. The van der Waals surface area contributed by atoms with E-state index in [4.69, 9.17) is 9.47 Å². The van der Waals surface area contributed by atoms with E-state index in [1.54, 1.807) is 20.1 Å². The third-order valence-corrected chi connectivity index (χ3v) is 4.36. The molecule has 0 fully saturated rings. The van der Waals surface area contributed by atoms with Gasteiger partial charge >= 0.3 is 5.97 Å². The van der Waals surface area contributed by atoms with Crippen molar-refractivity contribution >= 4 is 22.8 Å². The first kappa shape index (κ1) is 19.4. The number of rotatable bonds is 6. The number of carbonyl (C=O) groups is 2. The van der Waals surface area contributed by atoms with Crippen LogP contribution in [0, 0.1) is 6.92 Å². The molecule has 0 unspecified atom stereocenters. The molecule has 0 aliphatic heterocycles. The monoisotopic (exact) mass is 378 g/mol. The molecule has 6 nitrogen and oxygen atoms in total. The average molecular weight is 378 g/mol. The first-order chi connectivity index (χ1) is 13.5. The lowest BCUT2D eigenvalue weighted by Crippen LogP contribution is -2.35. The number of hydrogen-bond donors (Lipinski definition) is 1. The van der Waals surface area contributed by atoms with Crippen molar-refractivity contribution in [3.8, 4) is 5.75 Å². The van der Waals surface area contributed by atoms with Crippen LogP contribution in [0.2, 0.25) is 0 Å². The predicted octanol–water partition coefficient (Wildman–Crippen LogP) is 3.41. The summed E-state index contributed by atoms with van der Waals surface area (Å²) in [4.78, 5) is 29.4. The molecule has 1 N–H and O–H groups in total. The van der Waals surface area contributed by atoms with Crippen molar-refractivity contribution in [1.82, 2.24) is 10.3 Å². The summed E-state index contributed by atoms with van der Waals surface area (Å²) < 4.78 is 10.7. The fourth-order valence-corrected chi connectivity index (χ4v) is 2.93. The van der Waals surface area contributed by atoms with Crippen LogP contribution in [-0.2, 0) is 16.1 Å². The summed E-state index contributed by atoms with van der Waals surface area (Å²) >= 11 is 0. The molecule has 1 aromatic heterocycles. The Morgan fingerprint density at radius 3 is 2.61 bits per heavy atom. The van der Waals surface area contributed by atoms with Gasteiger partial charge in [0.05, 0.1) is 18.2 Å². The number of amides is 1. The minimum atomic E-state index is -0.936. The Hall–Kier alpha value is -3.41. The van der Waals surface area contributed by atoms with Gasteiger partial charge in [0.1, 0.15) is 5.75 Å². The van der Waals surface area contributed by atoms with Crippen LogP contribution in [0.1, 0.15) is 28.5 Å². The number of methoxy groups -OCH3 is 1. The van der Waals surface area contributed by atoms with E-state index in [-0.39, 0.29) is 12.5 Å². The summed E-state index contributed by atoms with van der Waals surface area (Å²) in [7, 11) is 1.58. The third-order valence-electron chi connectivity index (χ3n) is 4.36. The number of esters is 1. The minimum Gasteiger partial charge on any atom is -0.496 e. The molecule has 28 heavy (non-hydrogen) atoms. The molecule has 1 heterocycles. The van der Waals surface area contributed by atoms with Gasteiger partial charge in [0.25, 0.3) is 5.91 Å². The van der Waals surface area contributed by atoms with Crippen molar-refractivity contribution in [1.29, 1.82) is 0 Å². The summed E-state index contributed by atoms with van der Waals surface area (Å²) in [5.74, 6) is -0.248. The number of nitrogens with zero attached hydrogens (tertiary/aromatic N) is 1. The fraction of sp³-hybridized carbons (Fsp3) is 0.227. The zero-order valence-electron chi connectivity index (χ0n) is 16.1. The second kappa shape index (κ2) is 8.52. The number of ether oxygens (including phenoxy) is 2. The van der Waals surface area contributed by atoms with Crippen LogP contribution < -0.4 is 10.1 Å². The van der Waals surface area contributed by atoms with Crippen LogP contribution in [0.25, 0.3) is 10.9 Å². The minimum absolute atomic E-state index is 0.280. The molecule has 0 radical (unpaired) electrons. The molecule has 0 spiro atoms. The highest BCUT2D eigenvalue weighted by Crippen LogP contribution is 2.20. The number of aryl methyl sites for hydroxylation is 1. The maximum atomic E-state index is 12.7. The summed E-state index contributed by atoms with van der Waals surface area (Å²) in [5.41, 5.74) is 2.65. The Labute approximate surface area is 163 Å². The normalized spacial score (nSPS) is 11.7. The number of fused-ring (bicyclic) bond motifs is 1. The largest absolute Gasteiger partial charge is 0.496 e. The van der Waals surface area contributed by atoms with E-state index in [9.17, 15) is 9.59 Å². The first-order valence-corrected chi connectivity index (χ1v) is 8.96. The van der Waals surface area contributed by atoms with Crippen LogP contribution in [0.4, 0.5) is 0 Å². The number of benzene rings is 2. The van der Waals surface area contributed by atoms with E-state index in [0.717, 1.165) is 5.56 Å². The zero-order chi connectivity index (χ0) is 20.1. The van der Waals surface area contributed by atoms with E-state index in [0.29, 0.717) is 27.9 Å². The molecule has 2 aromatic carbocycles. The van der Waals surface area contributed by atoms with E-state index < -0.39 is 12.1 Å². The molecular formula is C22H22N2O4. The van der Waals surface area contributed by atoms with E-state index >= 15 is 0 Å². The molecular weight excluding hydrogens is 356 g/mol. The highest BCUT2D eigenvalue weighted by Gasteiger charge is 2.21. The molecule has 0 bridgehead atoms. The second-order valence-electron chi connectivity index (χ2n) is 6.41. The molecule has 0 saturated heterocycles. The van der Waals surface area contributed by atoms with Gasteiger partial charge in [0.15, 0.2) is 6.10 Å². The Kier molecular flexibility index (Phi) is 5.89. The molecule has 0 aliphatic carbocycles. The Morgan fingerprint density at radius 2 is 1.82 bits per heavy atom. The molecule has 1 amide bonds. The molecule has 144 valence electrons. The maximum Gasteiger partial charge on any atom is 0.339 e. The number of nitrogens with one attached hydrogen (secondary N) is 1. The van der Waals surface area contributed by atoms with Crippen molar-refractivity contribution in [3.05, 3.63) is 71.4 Å². The lowest BCUT2D eigenvalue weighted by molar-refractivity contribution is -0.129. The molecule has 0 aliphatic rings. The standard InChI is InChI=1S/C22H22N2O4/c1-14-12-18(17-9-5-6-10-19(17)24-14)22(26)28-15(2)21(25)23-13-16-8-4-7-11-20(16)27-3/h4-12,15H,13H2,1-3H3,(H,23,25)/t15-/m1/s1. The Bertz CT molecular complexity index is 1020. The van der Waals surface area contributed by atoms with Crippen LogP contribution in [-0.4, -0.2) is 30.1 Å². The van der Waals surface area contributed by atoms with Crippen molar-refractivity contribution in [2.45, 2.75) is 26.5 Å². The van der Waals surface area contributed by atoms with Crippen LogP contribution in [0.15, 0.2) is 54.6 Å². The van der Waals surface area contributed by atoms with Gasteiger partial charge in [-0.25, -0.2) is 4.79 Å². The van der Waals surface area contributed by atoms with Gasteiger partial charge in [-0.05, 0) is 32.0 Å². The van der Waals surface area contributed by atoms with Crippen molar-refractivity contribution < 1.29 is 19.1 Å². The maximum absolute atomic E-state index is 12.7. The van der Waals surface area contributed by atoms with Gasteiger partial charge < -0.3 is 14.8 Å². The molecule has 0 saturated carbocycles. The molecule has 3 rings (SSSR count). The smallest absolute Gasteiger partial charge is 0.339 e. The summed E-state index contributed by atoms with van der Waals surface area (Å²) in [6, 6.07) is 16.4. The number of hydrogen-bond acceptors (Lipinski definition) is 5. The van der Waals surface area contributed by atoms with Gasteiger partial charge in [-0.2, -0.15) is 0 Å². The van der Waals surface area contributed by atoms with Gasteiger partial charge in [-0.15, -0.1) is 0 Å². The van der Waals surface area contributed by atoms with Crippen molar-refractivity contribution in [2.75, 3.05) is 7.11 Å². The Morgan fingerprint density at radius 1 is 1.11 bits per heavy atom. The van der Waals surface area contributed by atoms with E-state index in [2.05, 4.69) is 10.3 Å². The molecule has 3 aromatic rings. The van der Waals surface area contributed by atoms with Crippen molar-refractivity contribution in [2.24, 2.45) is 0 Å². The Balaban J connectivity index is 1.68. The number of aromatic nitrogens is 1. The molecule has 1 atom stereocenters. The van der Waals surface area contributed by atoms with E-state index in [1.165, 1.54) is 0 Å². The van der Waals surface area contributed by atoms with Crippen molar-refractivity contribution in [3.63, 3.8) is 0 Å². The third kappa shape index (κ3) is 4.28. The van der Waals surface area contributed by atoms with Gasteiger partial charge in [-0.1, -0.05) is 36.4 Å². The van der Waals surface area contributed by atoms with Crippen LogP contribution in [0.3, 0.4) is 0 Å². The highest BCUT2D eigenvalue weighted by molar-refractivity contribution is 6.04. The summed E-state index contributed by atoms with van der Waals surface area (Å²) in [6.45, 7) is 3.64. The second-order valence-corrected chi connectivity index (χ2v) is 6.41. The van der Waals surface area contributed by atoms with Gasteiger partial charge in [0, 0.05) is 23.2 Å².